The molecular formula is C23H29Cl2N3O3. The Morgan fingerprint density at radius 2 is 1.55 bits per heavy atom. The summed E-state index contributed by atoms with van der Waals surface area (Å²) >= 11 is 11.8. The van der Waals surface area contributed by atoms with Crippen LogP contribution >= 0.6 is 23.2 Å². The van der Waals surface area contributed by atoms with E-state index in [-0.39, 0.29) is 41.0 Å². The van der Waals surface area contributed by atoms with E-state index in [0.29, 0.717) is 5.02 Å². The summed E-state index contributed by atoms with van der Waals surface area (Å²) in [7, 11) is 0. The van der Waals surface area contributed by atoms with Crippen LogP contribution in [0, 0.1) is 23.2 Å². The maximum atomic E-state index is 12.4. The third-order valence-corrected chi connectivity index (χ3v) is 7.96. The molecule has 4 aliphatic carbocycles. The molecule has 4 bridgehead atoms. The van der Waals surface area contributed by atoms with Gasteiger partial charge in [-0.05, 0) is 86.8 Å². The predicted octanol–water partition coefficient (Wildman–Crippen LogP) is 3.56. The fourth-order valence-corrected chi connectivity index (χ4v) is 6.82. The zero-order chi connectivity index (χ0) is 22.2. The van der Waals surface area contributed by atoms with Gasteiger partial charge in [0.05, 0.1) is 23.7 Å². The summed E-state index contributed by atoms with van der Waals surface area (Å²) in [5.74, 6) is 1.37. The number of hydrogen-bond donors (Lipinski definition) is 3. The van der Waals surface area contributed by atoms with Crippen molar-refractivity contribution >= 4 is 40.9 Å². The average Bonchev–Trinajstić information content (AvgIpc) is 2.69. The second kappa shape index (κ2) is 8.99. The van der Waals surface area contributed by atoms with Crippen LogP contribution in [0.2, 0.25) is 10.0 Å². The third kappa shape index (κ3) is 5.01. The molecule has 1 aromatic rings. The largest absolute Gasteiger partial charge is 0.352 e. The molecule has 31 heavy (non-hydrogen) atoms. The second-order valence-corrected chi connectivity index (χ2v) is 10.5. The molecule has 3 N–H and O–H groups in total. The molecule has 1 aromatic carbocycles. The van der Waals surface area contributed by atoms with E-state index in [1.54, 1.807) is 6.07 Å². The Labute approximate surface area is 192 Å². The van der Waals surface area contributed by atoms with Crippen molar-refractivity contribution in [2.24, 2.45) is 23.2 Å². The van der Waals surface area contributed by atoms with Gasteiger partial charge < -0.3 is 16.0 Å². The lowest BCUT2D eigenvalue weighted by atomic mass is 9.48. The van der Waals surface area contributed by atoms with Crippen molar-refractivity contribution in [1.29, 1.82) is 0 Å². The highest BCUT2D eigenvalue weighted by Crippen LogP contribution is 2.61. The maximum Gasteiger partial charge on any atom is 0.253 e. The number of hydrogen-bond acceptors (Lipinski definition) is 3. The van der Waals surface area contributed by atoms with Crippen LogP contribution in [0.4, 0.5) is 0 Å². The van der Waals surface area contributed by atoms with Crippen LogP contribution in [-0.4, -0.2) is 36.9 Å². The summed E-state index contributed by atoms with van der Waals surface area (Å²) in [6, 6.07) is 4.62. The van der Waals surface area contributed by atoms with Gasteiger partial charge in [0.1, 0.15) is 0 Å². The van der Waals surface area contributed by atoms with E-state index < -0.39 is 11.8 Å². The Hall–Kier alpha value is -1.79. The van der Waals surface area contributed by atoms with Gasteiger partial charge in [0.2, 0.25) is 11.8 Å². The molecule has 3 amide bonds. The highest BCUT2D eigenvalue weighted by Gasteiger charge is 2.53. The van der Waals surface area contributed by atoms with Crippen molar-refractivity contribution in [3.63, 3.8) is 0 Å². The molecule has 8 heteroatoms. The molecule has 0 aliphatic heterocycles. The summed E-state index contributed by atoms with van der Waals surface area (Å²) < 4.78 is 0. The summed E-state index contributed by atoms with van der Waals surface area (Å²) in [5, 5.41) is 8.84. The van der Waals surface area contributed by atoms with Crippen molar-refractivity contribution in [3.05, 3.63) is 33.8 Å². The monoisotopic (exact) mass is 465 g/mol. The molecule has 0 aromatic heterocycles. The lowest BCUT2D eigenvalue weighted by Gasteiger charge is -2.59. The van der Waals surface area contributed by atoms with Gasteiger partial charge in [-0.1, -0.05) is 23.2 Å². The standard InChI is InChI=1S/C23H29Cl2N3O3/c1-13(23-8-14-4-15(9-23)6-16(5-14)10-23)28-21(30)12-26-20(29)11-27-22(31)18-3-2-17(24)7-19(18)25/h2-3,7,13-16H,4-6,8-12H2,1H3,(H,26,29)(H,27,31)(H,28,30). The van der Waals surface area contributed by atoms with Gasteiger partial charge in [-0.25, -0.2) is 0 Å². The topological polar surface area (TPSA) is 87.3 Å². The predicted molar refractivity (Wildman–Crippen MR) is 120 cm³/mol. The Morgan fingerprint density at radius 1 is 0.968 bits per heavy atom. The van der Waals surface area contributed by atoms with E-state index in [0.717, 1.165) is 17.8 Å². The second-order valence-electron chi connectivity index (χ2n) is 9.65. The normalized spacial score (nSPS) is 29.3. The molecule has 1 atom stereocenters. The van der Waals surface area contributed by atoms with Crippen LogP contribution < -0.4 is 16.0 Å². The van der Waals surface area contributed by atoms with Crippen LogP contribution in [0.3, 0.4) is 0 Å². The molecule has 5 rings (SSSR count). The Kier molecular flexibility index (Phi) is 6.50. The summed E-state index contributed by atoms with van der Waals surface area (Å²) in [6.07, 6.45) is 7.74. The van der Waals surface area contributed by atoms with Gasteiger partial charge in [0.25, 0.3) is 5.91 Å². The molecule has 168 valence electrons. The zero-order valence-electron chi connectivity index (χ0n) is 17.7. The first-order valence-corrected chi connectivity index (χ1v) is 11.8. The van der Waals surface area contributed by atoms with E-state index in [2.05, 4.69) is 22.9 Å². The maximum absolute atomic E-state index is 12.4. The first-order chi connectivity index (χ1) is 14.7. The van der Waals surface area contributed by atoms with Crippen LogP contribution in [0.25, 0.3) is 0 Å². The van der Waals surface area contributed by atoms with Crippen molar-refractivity contribution < 1.29 is 14.4 Å². The van der Waals surface area contributed by atoms with E-state index in [9.17, 15) is 14.4 Å². The van der Waals surface area contributed by atoms with Gasteiger partial charge in [-0.3, -0.25) is 14.4 Å². The molecule has 0 radical (unpaired) electrons. The van der Waals surface area contributed by atoms with Crippen molar-refractivity contribution in [3.8, 4) is 0 Å². The summed E-state index contributed by atoms with van der Waals surface area (Å²) in [4.78, 5) is 36.7. The number of rotatable bonds is 7. The fourth-order valence-electron chi connectivity index (χ4n) is 6.32. The number of benzene rings is 1. The number of halogens is 2. The fraction of sp³-hybridized carbons (Fsp3) is 0.609. The van der Waals surface area contributed by atoms with Crippen molar-refractivity contribution in [1.82, 2.24) is 16.0 Å². The highest BCUT2D eigenvalue weighted by molar-refractivity contribution is 6.36. The van der Waals surface area contributed by atoms with E-state index >= 15 is 0 Å². The first kappa shape index (κ1) is 22.4. The zero-order valence-corrected chi connectivity index (χ0v) is 19.2. The smallest absolute Gasteiger partial charge is 0.253 e. The lowest BCUT2D eigenvalue weighted by molar-refractivity contribution is -0.128. The van der Waals surface area contributed by atoms with Gasteiger partial charge in [-0.2, -0.15) is 0 Å². The van der Waals surface area contributed by atoms with Crippen molar-refractivity contribution in [2.45, 2.75) is 51.5 Å². The van der Waals surface area contributed by atoms with E-state index in [1.807, 2.05) is 0 Å². The van der Waals surface area contributed by atoms with Crippen LogP contribution in [0.15, 0.2) is 18.2 Å². The van der Waals surface area contributed by atoms with Gasteiger partial charge in [0.15, 0.2) is 0 Å². The van der Waals surface area contributed by atoms with Crippen molar-refractivity contribution in [2.75, 3.05) is 13.1 Å². The molecule has 1 unspecified atom stereocenters. The number of carbonyl (C=O) groups is 3. The minimum absolute atomic E-state index is 0.104. The number of nitrogens with one attached hydrogen (secondary N) is 3. The Bertz CT molecular complexity index is 854. The van der Waals surface area contributed by atoms with E-state index in [1.165, 1.54) is 50.7 Å². The van der Waals surface area contributed by atoms with Gasteiger partial charge in [-0.15, -0.1) is 0 Å². The molecular weight excluding hydrogens is 437 g/mol. The summed E-state index contributed by atoms with van der Waals surface area (Å²) in [5.41, 5.74) is 0.460. The molecule has 0 spiro atoms. The van der Waals surface area contributed by atoms with Crippen LogP contribution in [0.1, 0.15) is 55.8 Å². The quantitative estimate of drug-likeness (QED) is 0.575. The summed E-state index contributed by atoms with van der Waals surface area (Å²) in [6.45, 7) is 1.77. The highest BCUT2D eigenvalue weighted by atomic mass is 35.5. The lowest BCUT2D eigenvalue weighted by Crippen LogP contribution is -2.56. The number of carbonyl (C=O) groups excluding carboxylic acids is 3. The molecule has 4 saturated carbocycles. The van der Waals surface area contributed by atoms with Crippen LogP contribution in [0.5, 0.6) is 0 Å². The van der Waals surface area contributed by atoms with Gasteiger partial charge >= 0.3 is 0 Å². The molecule has 4 fully saturated rings. The molecule has 4 aliphatic rings. The molecule has 6 nitrogen and oxygen atoms in total. The van der Waals surface area contributed by atoms with Gasteiger partial charge in [0, 0.05) is 11.1 Å². The molecule has 0 saturated heterocycles. The van der Waals surface area contributed by atoms with Crippen LogP contribution in [-0.2, 0) is 9.59 Å². The Balaban J connectivity index is 1.21. The SMILES string of the molecule is CC(NC(=O)CNC(=O)CNC(=O)c1ccc(Cl)cc1Cl)C12CC3CC(CC(C3)C1)C2. The Morgan fingerprint density at radius 3 is 2.13 bits per heavy atom. The average molecular weight is 466 g/mol. The minimum Gasteiger partial charge on any atom is -0.352 e. The molecule has 0 heterocycles. The number of amides is 3. The first-order valence-electron chi connectivity index (χ1n) is 11.0. The third-order valence-electron chi connectivity index (χ3n) is 7.41. The van der Waals surface area contributed by atoms with E-state index in [4.69, 9.17) is 23.2 Å². The minimum atomic E-state index is -0.475.